The third-order valence-corrected chi connectivity index (χ3v) is 4.79. The second kappa shape index (κ2) is 6.51. The predicted octanol–water partition coefficient (Wildman–Crippen LogP) is 1.73. The topological polar surface area (TPSA) is 108 Å². The number of amides is 2. The van der Waals surface area contributed by atoms with Gasteiger partial charge in [0.25, 0.3) is 11.8 Å². The Morgan fingerprint density at radius 3 is 2.62 bits per heavy atom. The van der Waals surface area contributed by atoms with Crippen LogP contribution in [0.3, 0.4) is 0 Å². The monoisotopic (exact) mass is 329 g/mol. The number of rotatable bonds is 4. The molecule has 2 amide bonds. The maximum atomic E-state index is 12.9. The van der Waals surface area contributed by atoms with Crippen molar-refractivity contribution in [2.45, 2.75) is 39.0 Å². The third kappa shape index (κ3) is 2.81. The number of likely N-dealkylation sites (tertiary alicyclic amines) is 1. The van der Waals surface area contributed by atoms with Gasteiger partial charge >= 0.3 is 0 Å². The van der Waals surface area contributed by atoms with Crippen molar-refractivity contribution in [2.24, 2.45) is 5.73 Å². The SMILES string of the molecule is CCc1c(C(=O)N2CCC(c3ncc[nH]3)CC2)[nH]c(C)c1C(N)=O. The molecule has 7 heteroatoms. The lowest BCUT2D eigenvalue weighted by atomic mass is 9.95. The molecule has 3 rings (SSSR count). The lowest BCUT2D eigenvalue weighted by Crippen LogP contribution is -2.38. The van der Waals surface area contributed by atoms with Gasteiger partial charge in [-0.3, -0.25) is 9.59 Å². The van der Waals surface area contributed by atoms with Crippen molar-refractivity contribution in [3.05, 3.63) is 40.7 Å². The highest BCUT2D eigenvalue weighted by Gasteiger charge is 2.29. The zero-order valence-electron chi connectivity index (χ0n) is 14.1. The van der Waals surface area contributed by atoms with Gasteiger partial charge in [0.15, 0.2) is 0 Å². The number of nitrogens with one attached hydrogen (secondary N) is 2. The van der Waals surface area contributed by atoms with Crippen LogP contribution < -0.4 is 5.73 Å². The Kier molecular flexibility index (Phi) is 4.42. The third-order valence-electron chi connectivity index (χ3n) is 4.79. The molecule has 24 heavy (non-hydrogen) atoms. The van der Waals surface area contributed by atoms with Gasteiger partial charge in [0.2, 0.25) is 0 Å². The molecule has 1 fully saturated rings. The zero-order valence-corrected chi connectivity index (χ0v) is 14.1. The first kappa shape index (κ1) is 16.3. The Morgan fingerprint density at radius 2 is 2.08 bits per heavy atom. The quantitative estimate of drug-likeness (QED) is 0.795. The van der Waals surface area contributed by atoms with Crippen molar-refractivity contribution in [1.29, 1.82) is 0 Å². The largest absolute Gasteiger partial charge is 0.366 e. The number of nitrogens with two attached hydrogens (primary N) is 1. The molecule has 0 bridgehead atoms. The molecule has 0 aliphatic carbocycles. The number of hydrogen-bond acceptors (Lipinski definition) is 3. The Labute approximate surface area is 140 Å². The minimum absolute atomic E-state index is 0.0552. The van der Waals surface area contributed by atoms with Gasteiger partial charge in [-0.1, -0.05) is 6.92 Å². The smallest absolute Gasteiger partial charge is 0.270 e. The van der Waals surface area contributed by atoms with Crippen LogP contribution in [0.1, 0.15) is 63.6 Å². The van der Waals surface area contributed by atoms with Gasteiger partial charge in [0.1, 0.15) is 11.5 Å². The van der Waals surface area contributed by atoms with E-state index in [1.807, 2.05) is 18.0 Å². The van der Waals surface area contributed by atoms with Crippen molar-refractivity contribution >= 4 is 11.8 Å². The Hall–Kier alpha value is -2.57. The second-order valence-corrected chi connectivity index (χ2v) is 6.24. The predicted molar refractivity (Wildman–Crippen MR) is 89.9 cm³/mol. The normalized spacial score (nSPS) is 15.7. The van der Waals surface area contributed by atoms with Crippen LogP contribution in [0.5, 0.6) is 0 Å². The highest BCUT2D eigenvalue weighted by atomic mass is 16.2. The molecule has 0 aromatic carbocycles. The van der Waals surface area contributed by atoms with E-state index in [9.17, 15) is 9.59 Å². The number of nitrogens with zero attached hydrogens (tertiary/aromatic N) is 2. The van der Waals surface area contributed by atoms with E-state index in [1.54, 1.807) is 13.1 Å². The van der Waals surface area contributed by atoms with Gasteiger partial charge in [0, 0.05) is 37.1 Å². The number of piperidine rings is 1. The molecule has 4 N–H and O–H groups in total. The number of primary amides is 1. The minimum Gasteiger partial charge on any atom is -0.366 e. The van der Waals surface area contributed by atoms with E-state index in [0.717, 1.165) is 24.2 Å². The summed E-state index contributed by atoms with van der Waals surface area (Å²) in [6.45, 7) is 5.06. The Balaban J connectivity index is 1.76. The van der Waals surface area contributed by atoms with Crippen LogP contribution in [0.2, 0.25) is 0 Å². The molecule has 1 aliphatic heterocycles. The standard InChI is InChI=1S/C17H23N5O2/c1-3-12-13(15(18)23)10(2)21-14(12)17(24)22-8-4-11(5-9-22)16-19-6-7-20-16/h6-7,11,21H,3-5,8-9H2,1-2H3,(H2,18,23)(H,19,20). The fourth-order valence-electron chi connectivity index (χ4n) is 3.56. The van der Waals surface area contributed by atoms with Crippen LogP contribution in [-0.4, -0.2) is 44.8 Å². The molecule has 0 spiro atoms. The van der Waals surface area contributed by atoms with Gasteiger partial charge in [-0.2, -0.15) is 0 Å². The summed E-state index contributed by atoms with van der Waals surface area (Å²) in [5, 5.41) is 0. The number of carbonyl (C=O) groups is 2. The van der Waals surface area contributed by atoms with E-state index in [-0.39, 0.29) is 5.91 Å². The first-order valence-corrected chi connectivity index (χ1v) is 8.32. The molecule has 7 nitrogen and oxygen atoms in total. The lowest BCUT2D eigenvalue weighted by Gasteiger charge is -2.31. The highest BCUT2D eigenvalue weighted by Crippen LogP contribution is 2.27. The molecule has 2 aromatic heterocycles. The van der Waals surface area contributed by atoms with Crippen molar-refractivity contribution in [1.82, 2.24) is 19.9 Å². The maximum Gasteiger partial charge on any atom is 0.270 e. The van der Waals surface area contributed by atoms with E-state index >= 15 is 0 Å². The number of hydrogen-bond donors (Lipinski definition) is 3. The van der Waals surface area contributed by atoms with Crippen molar-refractivity contribution < 1.29 is 9.59 Å². The summed E-state index contributed by atoms with van der Waals surface area (Å²) in [6.07, 6.45) is 5.93. The fraction of sp³-hybridized carbons (Fsp3) is 0.471. The van der Waals surface area contributed by atoms with Crippen molar-refractivity contribution in [2.75, 3.05) is 13.1 Å². The molecule has 1 saturated heterocycles. The van der Waals surface area contributed by atoms with E-state index < -0.39 is 5.91 Å². The van der Waals surface area contributed by atoms with Crippen LogP contribution >= 0.6 is 0 Å². The number of imidazole rings is 1. The molecule has 0 atom stereocenters. The molecule has 1 aliphatic rings. The minimum atomic E-state index is -0.490. The van der Waals surface area contributed by atoms with Gasteiger partial charge in [-0.05, 0) is 31.7 Å². The van der Waals surface area contributed by atoms with Crippen molar-refractivity contribution in [3.8, 4) is 0 Å². The average Bonchev–Trinajstić information content (AvgIpc) is 3.21. The van der Waals surface area contributed by atoms with Gasteiger partial charge < -0.3 is 20.6 Å². The van der Waals surface area contributed by atoms with Gasteiger partial charge in [0.05, 0.1) is 5.56 Å². The summed E-state index contributed by atoms with van der Waals surface area (Å²) in [5.74, 6) is 0.806. The first-order chi connectivity index (χ1) is 11.5. The average molecular weight is 329 g/mol. The van der Waals surface area contributed by atoms with Crippen LogP contribution in [0.4, 0.5) is 0 Å². The molecule has 0 unspecified atom stereocenters. The van der Waals surface area contributed by atoms with E-state index in [1.165, 1.54) is 0 Å². The highest BCUT2D eigenvalue weighted by molar-refractivity contribution is 6.02. The molecule has 2 aromatic rings. The fourth-order valence-corrected chi connectivity index (χ4v) is 3.56. The van der Waals surface area contributed by atoms with E-state index in [4.69, 9.17) is 5.73 Å². The summed E-state index contributed by atoms with van der Waals surface area (Å²) in [6, 6.07) is 0. The number of H-pyrrole nitrogens is 2. The molecular weight excluding hydrogens is 306 g/mol. The first-order valence-electron chi connectivity index (χ1n) is 8.32. The maximum absolute atomic E-state index is 12.9. The van der Waals surface area contributed by atoms with Crippen LogP contribution in [0.25, 0.3) is 0 Å². The van der Waals surface area contributed by atoms with E-state index in [2.05, 4.69) is 15.0 Å². The summed E-state index contributed by atoms with van der Waals surface area (Å²) >= 11 is 0. The number of carbonyl (C=O) groups excluding carboxylic acids is 2. The zero-order chi connectivity index (χ0) is 17.3. The number of aromatic amines is 2. The molecule has 128 valence electrons. The van der Waals surface area contributed by atoms with Gasteiger partial charge in [-0.15, -0.1) is 0 Å². The molecular formula is C17H23N5O2. The summed E-state index contributed by atoms with van der Waals surface area (Å²) < 4.78 is 0. The second-order valence-electron chi connectivity index (χ2n) is 6.24. The van der Waals surface area contributed by atoms with Crippen LogP contribution in [-0.2, 0) is 6.42 Å². The van der Waals surface area contributed by atoms with Crippen LogP contribution in [0, 0.1) is 6.92 Å². The van der Waals surface area contributed by atoms with E-state index in [0.29, 0.717) is 42.4 Å². The van der Waals surface area contributed by atoms with Gasteiger partial charge in [-0.25, -0.2) is 4.98 Å². The lowest BCUT2D eigenvalue weighted by molar-refractivity contribution is 0.0704. The molecule has 0 radical (unpaired) electrons. The van der Waals surface area contributed by atoms with Crippen molar-refractivity contribution in [3.63, 3.8) is 0 Å². The summed E-state index contributed by atoms with van der Waals surface area (Å²) in [7, 11) is 0. The summed E-state index contributed by atoms with van der Waals surface area (Å²) in [4.78, 5) is 36.9. The van der Waals surface area contributed by atoms with Crippen LogP contribution in [0.15, 0.2) is 12.4 Å². The Bertz CT molecular complexity index is 739. The molecule has 3 heterocycles. The number of aryl methyl sites for hydroxylation is 1. The number of aromatic nitrogens is 3. The molecule has 0 saturated carbocycles. The Morgan fingerprint density at radius 1 is 1.38 bits per heavy atom. The summed E-state index contributed by atoms with van der Waals surface area (Å²) in [5.41, 5.74) is 7.79.